The van der Waals surface area contributed by atoms with E-state index in [1.165, 1.54) is 18.2 Å². The number of sulfonamides is 1. The number of hydrogen-bond acceptors (Lipinski definition) is 5. The number of rotatable bonds is 3. The van der Waals surface area contributed by atoms with Crippen molar-refractivity contribution in [3.8, 4) is 11.5 Å². The van der Waals surface area contributed by atoms with Gasteiger partial charge in [-0.05, 0) is 46.3 Å². The van der Waals surface area contributed by atoms with Crippen LogP contribution in [0.5, 0.6) is 11.5 Å². The molecule has 0 amide bonds. The van der Waals surface area contributed by atoms with Gasteiger partial charge >= 0.3 is 0 Å². The first-order chi connectivity index (χ1) is 9.95. The first-order valence-electron chi connectivity index (χ1n) is 5.93. The molecule has 0 atom stereocenters. The Kier molecular flexibility index (Phi) is 3.42. The molecule has 21 heavy (non-hydrogen) atoms. The lowest BCUT2D eigenvalue weighted by molar-refractivity contribution is 0.174. The van der Waals surface area contributed by atoms with Crippen molar-refractivity contribution in [1.82, 2.24) is 0 Å². The summed E-state index contributed by atoms with van der Waals surface area (Å²) in [5, 5.41) is 0. The Balaban J connectivity index is 1.90. The average Bonchev–Trinajstić information content (AvgIpc) is 2.88. The van der Waals surface area contributed by atoms with Crippen molar-refractivity contribution in [3.05, 3.63) is 40.9 Å². The lowest BCUT2D eigenvalue weighted by Crippen LogP contribution is -2.13. The van der Waals surface area contributed by atoms with Gasteiger partial charge in [0.15, 0.2) is 11.5 Å². The van der Waals surface area contributed by atoms with Crippen molar-refractivity contribution in [2.45, 2.75) is 4.90 Å². The predicted octanol–water partition coefficient (Wildman–Crippen LogP) is 2.56. The van der Waals surface area contributed by atoms with Crippen molar-refractivity contribution in [1.29, 1.82) is 0 Å². The number of ether oxygens (including phenoxy) is 2. The van der Waals surface area contributed by atoms with Gasteiger partial charge in [-0.2, -0.15) is 0 Å². The van der Waals surface area contributed by atoms with Crippen molar-refractivity contribution in [2.75, 3.05) is 17.2 Å². The van der Waals surface area contributed by atoms with Crippen LogP contribution in [0.1, 0.15) is 0 Å². The van der Waals surface area contributed by atoms with E-state index in [1.54, 1.807) is 18.2 Å². The Labute approximate surface area is 130 Å². The van der Waals surface area contributed by atoms with Crippen LogP contribution in [0, 0.1) is 0 Å². The molecule has 2 aromatic rings. The molecule has 1 aliphatic rings. The molecule has 0 saturated carbocycles. The zero-order valence-corrected chi connectivity index (χ0v) is 13.1. The SMILES string of the molecule is Nc1ccc(S(=O)(=O)Nc2ccc3c(c2)OCO3)cc1Br. The zero-order chi connectivity index (χ0) is 15.0. The molecule has 0 aliphatic carbocycles. The lowest BCUT2D eigenvalue weighted by atomic mass is 10.3. The summed E-state index contributed by atoms with van der Waals surface area (Å²) in [6.07, 6.45) is 0. The molecule has 0 saturated heterocycles. The highest BCUT2D eigenvalue weighted by Crippen LogP contribution is 2.35. The number of hydrogen-bond donors (Lipinski definition) is 2. The fraction of sp³-hybridized carbons (Fsp3) is 0.0769. The monoisotopic (exact) mass is 370 g/mol. The number of benzene rings is 2. The molecule has 2 aromatic carbocycles. The highest BCUT2D eigenvalue weighted by atomic mass is 79.9. The number of nitrogens with two attached hydrogens (primary N) is 1. The summed E-state index contributed by atoms with van der Waals surface area (Å²) in [7, 11) is -3.70. The van der Waals surface area contributed by atoms with E-state index in [0.29, 0.717) is 27.3 Å². The molecule has 8 heteroatoms. The van der Waals surface area contributed by atoms with E-state index in [2.05, 4.69) is 20.7 Å². The highest BCUT2D eigenvalue weighted by molar-refractivity contribution is 9.10. The van der Waals surface area contributed by atoms with Crippen molar-refractivity contribution in [2.24, 2.45) is 0 Å². The Morgan fingerprint density at radius 2 is 1.86 bits per heavy atom. The Morgan fingerprint density at radius 1 is 1.10 bits per heavy atom. The van der Waals surface area contributed by atoms with Gasteiger partial charge in [0.05, 0.1) is 10.6 Å². The molecular weight excluding hydrogens is 360 g/mol. The summed E-state index contributed by atoms with van der Waals surface area (Å²) < 4.78 is 38.0. The zero-order valence-electron chi connectivity index (χ0n) is 10.7. The van der Waals surface area contributed by atoms with Crippen LogP contribution in [0.15, 0.2) is 45.8 Å². The second-order valence-corrected chi connectivity index (χ2v) is 6.89. The summed E-state index contributed by atoms with van der Waals surface area (Å²) in [6, 6.07) is 9.25. The number of nitrogens with one attached hydrogen (secondary N) is 1. The Hall–Kier alpha value is -1.93. The average molecular weight is 371 g/mol. The van der Waals surface area contributed by atoms with Crippen molar-refractivity contribution in [3.63, 3.8) is 0 Å². The maximum atomic E-state index is 12.3. The third-order valence-corrected chi connectivity index (χ3v) is 4.97. The molecule has 0 unspecified atom stereocenters. The molecule has 6 nitrogen and oxygen atoms in total. The molecule has 0 spiro atoms. The Bertz CT molecular complexity index is 808. The topological polar surface area (TPSA) is 90.7 Å². The molecule has 0 radical (unpaired) electrons. The first kappa shape index (κ1) is 14.0. The number of halogens is 1. The van der Waals surface area contributed by atoms with E-state index >= 15 is 0 Å². The smallest absolute Gasteiger partial charge is 0.261 e. The van der Waals surface area contributed by atoms with Crippen LogP contribution in [0.3, 0.4) is 0 Å². The van der Waals surface area contributed by atoms with Gasteiger partial charge in [0.2, 0.25) is 6.79 Å². The van der Waals surface area contributed by atoms with E-state index in [-0.39, 0.29) is 11.7 Å². The minimum Gasteiger partial charge on any atom is -0.454 e. The molecule has 0 aromatic heterocycles. The van der Waals surface area contributed by atoms with Gasteiger partial charge in [0.25, 0.3) is 10.0 Å². The van der Waals surface area contributed by atoms with Crippen molar-refractivity contribution < 1.29 is 17.9 Å². The van der Waals surface area contributed by atoms with Crippen LogP contribution in [0.4, 0.5) is 11.4 Å². The summed E-state index contributed by atoms with van der Waals surface area (Å²) >= 11 is 3.21. The number of fused-ring (bicyclic) bond motifs is 1. The molecular formula is C13H11BrN2O4S. The summed E-state index contributed by atoms with van der Waals surface area (Å²) in [4.78, 5) is 0.112. The highest BCUT2D eigenvalue weighted by Gasteiger charge is 2.18. The molecule has 3 rings (SSSR count). The molecule has 3 N–H and O–H groups in total. The third kappa shape index (κ3) is 2.77. The third-order valence-electron chi connectivity index (χ3n) is 2.91. The standard InChI is InChI=1S/C13H11BrN2O4S/c14-10-6-9(2-3-11(10)15)21(17,18)16-8-1-4-12-13(5-8)20-7-19-12/h1-6,16H,7,15H2. The van der Waals surface area contributed by atoms with Gasteiger partial charge in [-0.25, -0.2) is 8.42 Å². The van der Waals surface area contributed by atoms with Crippen LogP contribution in [-0.4, -0.2) is 15.2 Å². The van der Waals surface area contributed by atoms with Gasteiger partial charge in [-0.15, -0.1) is 0 Å². The van der Waals surface area contributed by atoms with E-state index in [9.17, 15) is 8.42 Å². The predicted molar refractivity (Wildman–Crippen MR) is 81.9 cm³/mol. The second-order valence-electron chi connectivity index (χ2n) is 4.36. The molecule has 110 valence electrons. The normalized spacial score (nSPS) is 13.2. The minimum atomic E-state index is -3.70. The minimum absolute atomic E-state index is 0.112. The van der Waals surface area contributed by atoms with Gasteiger partial charge in [0, 0.05) is 16.2 Å². The van der Waals surface area contributed by atoms with Crippen LogP contribution in [0.25, 0.3) is 0 Å². The van der Waals surface area contributed by atoms with Crippen LogP contribution < -0.4 is 19.9 Å². The first-order valence-corrected chi connectivity index (χ1v) is 8.21. The number of nitrogen functional groups attached to an aromatic ring is 1. The molecule has 0 bridgehead atoms. The van der Waals surface area contributed by atoms with E-state index in [4.69, 9.17) is 15.2 Å². The van der Waals surface area contributed by atoms with Crippen LogP contribution in [0.2, 0.25) is 0 Å². The fourth-order valence-electron chi connectivity index (χ4n) is 1.85. The molecule has 1 aliphatic heterocycles. The molecule has 1 heterocycles. The summed E-state index contributed by atoms with van der Waals surface area (Å²) in [5.41, 5.74) is 6.52. The van der Waals surface area contributed by atoms with Crippen molar-refractivity contribution >= 4 is 37.3 Å². The number of anilines is 2. The van der Waals surface area contributed by atoms with Gasteiger partial charge in [-0.3, -0.25) is 4.72 Å². The maximum absolute atomic E-state index is 12.3. The maximum Gasteiger partial charge on any atom is 0.261 e. The second kappa shape index (κ2) is 5.12. The van der Waals surface area contributed by atoms with Gasteiger partial charge in [-0.1, -0.05) is 0 Å². The van der Waals surface area contributed by atoms with Gasteiger partial charge in [0.1, 0.15) is 0 Å². The van der Waals surface area contributed by atoms with E-state index < -0.39 is 10.0 Å². The summed E-state index contributed by atoms with van der Waals surface area (Å²) in [5.74, 6) is 1.10. The van der Waals surface area contributed by atoms with Crippen LogP contribution >= 0.6 is 15.9 Å². The van der Waals surface area contributed by atoms with E-state index in [1.807, 2.05) is 0 Å². The molecule has 0 fully saturated rings. The Morgan fingerprint density at radius 3 is 2.62 bits per heavy atom. The fourth-order valence-corrected chi connectivity index (χ4v) is 3.45. The summed E-state index contributed by atoms with van der Waals surface area (Å²) in [6.45, 7) is 0.135. The largest absolute Gasteiger partial charge is 0.454 e. The van der Waals surface area contributed by atoms with E-state index in [0.717, 1.165) is 0 Å². The quantitative estimate of drug-likeness (QED) is 0.810. The van der Waals surface area contributed by atoms with Gasteiger partial charge < -0.3 is 15.2 Å². The lowest BCUT2D eigenvalue weighted by Gasteiger charge is -2.09. The van der Waals surface area contributed by atoms with Crippen LogP contribution in [-0.2, 0) is 10.0 Å².